The summed E-state index contributed by atoms with van der Waals surface area (Å²) in [5.41, 5.74) is 2.99. The number of rotatable bonds is 5. The lowest BCUT2D eigenvalue weighted by Gasteiger charge is -2.22. The first-order valence-electron chi connectivity index (χ1n) is 7.89. The number of ether oxygens (including phenoxy) is 1. The molecule has 0 atom stereocenters. The van der Waals surface area contributed by atoms with Crippen molar-refractivity contribution < 1.29 is 19.4 Å². The summed E-state index contributed by atoms with van der Waals surface area (Å²) in [7, 11) is 1.54. The number of benzene rings is 3. The first-order valence-corrected chi connectivity index (χ1v) is 7.89. The van der Waals surface area contributed by atoms with E-state index in [2.05, 4.69) is 0 Å². The van der Waals surface area contributed by atoms with Gasteiger partial charge in [0.05, 0.1) is 12.8 Å². The third-order valence-electron chi connectivity index (χ3n) is 4.08. The topological polar surface area (TPSA) is 76.0 Å². The van der Waals surface area contributed by atoms with Gasteiger partial charge < -0.3 is 20.3 Å². The molecular formula is C20H17FNO4-. The lowest BCUT2D eigenvalue weighted by Crippen LogP contribution is -2.06. The molecule has 0 amide bonds. The van der Waals surface area contributed by atoms with Crippen molar-refractivity contribution in [2.24, 2.45) is 0 Å². The number of halogens is 1. The van der Waals surface area contributed by atoms with Crippen LogP contribution in [-0.4, -0.2) is 17.4 Å². The van der Waals surface area contributed by atoms with Crippen LogP contribution in [0.25, 0.3) is 11.1 Å². The maximum absolute atomic E-state index is 13.1. The molecule has 0 aliphatic heterocycles. The van der Waals surface area contributed by atoms with Crippen molar-refractivity contribution in [3.05, 3.63) is 82.8 Å². The first kappa shape index (κ1) is 17.7. The molecule has 3 aromatic rings. The van der Waals surface area contributed by atoms with Gasteiger partial charge in [-0.25, -0.2) is 4.39 Å². The van der Waals surface area contributed by atoms with Crippen LogP contribution < -0.4 is 9.96 Å². The Kier molecular flexibility index (Phi) is 5.06. The Bertz CT molecular complexity index is 927. The Morgan fingerprint density at radius 2 is 1.88 bits per heavy atom. The van der Waals surface area contributed by atoms with Crippen LogP contribution in [0.4, 0.5) is 10.1 Å². The van der Waals surface area contributed by atoms with E-state index in [4.69, 9.17) is 9.94 Å². The molecule has 5 nitrogen and oxygen atoms in total. The highest BCUT2D eigenvalue weighted by atomic mass is 19.1. The summed E-state index contributed by atoms with van der Waals surface area (Å²) in [5.74, 6) is 0.000847. The molecular weight excluding hydrogens is 337 g/mol. The van der Waals surface area contributed by atoms with Gasteiger partial charge >= 0.3 is 0 Å². The van der Waals surface area contributed by atoms with E-state index in [1.54, 1.807) is 31.4 Å². The average Bonchev–Trinajstić information content (AvgIpc) is 2.64. The average molecular weight is 354 g/mol. The zero-order valence-electron chi connectivity index (χ0n) is 14.0. The SMILES string of the molecule is COc1ccc(Cc2ccc(F)cc2O)cc1-c1cccc(N([O-])O)c1. The molecule has 0 heterocycles. The second-order valence-electron chi connectivity index (χ2n) is 5.81. The number of hydrogen-bond donors (Lipinski definition) is 2. The van der Waals surface area contributed by atoms with Crippen LogP contribution in [0.3, 0.4) is 0 Å². The molecule has 6 heteroatoms. The quantitative estimate of drug-likeness (QED) is 0.660. The summed E-state index contributed by atoms with van der Waals surface area (Å²) in [6.07, 6.45) is 0.399. The van der Waals surface area contributed by atoms with Crippen molar-refractivity contribution in [2.45, 2.75) is 6.42 Å². The van der Waals surface area contributed by atoms with Crippen LogP contribution in [0.2, 0.25) is 0 Å². The molecule has 3 rings (SSSR count). The largest absolute Gasteiger partial charge is 0.733 e. The van der Waals surface area contributed by atoms with Gasteiger partial charge in [0.25, 0.3) is 0 Å². The molecule has 0 unspecified atom stereocenters. The molecule has 134 valence electrons. The van der Waals surface area contributed by atoms with Crippen LogP contribution in [0.5, 0.6) is 11.5 Å². The van der Waals surface area contributed by atoms with Crippen molar-refractivity contribution in [1.82, 2.24) is 0 Å². The van der Waals surface area contributed by atoms with Crippen LogP contribution >= 0.6 is 0 Å². The number of methoxy groups -OCH3 is 1. The van der Waals surface area contributed by atoms with Gasteiger partial charge in [0.1, 0.15) is 17.3 Å². The summed E-state index contributed by atoms with van der Waals surface area (Å²) in [5, 5.41) is 30.0. The van der Waals surface area contributed by atoms with Gasteiger partial charge in [0.15, 0.2) is 0 Å². The third kappa shape index (κ3) is 3.77. The van der Waals surface area contributed by atoms with Crippen molar-refractivity contribution in [3.63, 3.8) is 0 Å². The van der Waals surface area contributed by atoms with Crippen molar-refractivity contribution in [1.29, 1.82) is 0 Å². The third-order valence-corrected chi connectivity index (χ3v) is 4.08. The van der Waals surface area contributed by atoms with Crippen LogP contribution in [0, 0.1) is 11.0 Å². The van der Waals surface area contributed by atoms with E-state index < -0.39 is 5.82 Å². The lowest BCUT2D eigenvalue weighted by molar-refractivity contribution is 0.296. The van der Waals surface area contributed by atoms with Crippen molar-refractivity contribution in [3.8, 4) is 22.6 Å². The highest BCUT2D eigenvalue weighted by Crippen LogP contribution is 2.34. The predicted octanol–water partition coefficient (Wildman–Crippen LogP) is 4.49. The number of anilines is 1. The molecule has 26 heavy (non-hydrogen) atoms. The summed E-state index contributed by atoms with van der Waals surface area (Å²) in [6, 6.07) is 15.9. The fourth-order valence-electron chi connectivity index (χ4n) is 2.79. The lowest BCUT2D eigenvalue weighted by atomic mass is 9.97. The van der Waals surface area contributed by atoms with E-state index in [0.29, 0.717) is 23.3 Å². The molecule has 0 radical (unpaired) electrons. The normalized spacial score (nSPS) is 10.6. The van der Waals surface area contributed by atoms with E-state index in [9.17, 15) is 14.7 Å². The van der Waals surface area contributed by atoms with Crippen molar-refractivity contribution in [2.75, 3.05) is 12.3 Å². The van der Waals surface area contributed by atoms with Gasteiger partial charge in [-0.1, -0.05) is 24.3 Å². The summed E-state index contributed by atoms with van der Waals surface area (Å²) in [6.45, 7) is 0. The zero-order valence-corrected chi connectivity index (χ0v) is 14.0. The van der Waals surface area contributed by atoms with E-state index in [0.717, 1.165) is 17.2 Å². The highest BCUT2D eigenvalue weighted by molar-refractivity contribution is 5.74. The van der Waals surface area contributed by atoms with Crippen LogP contribution in [-0.2, 0) is 6.42 Å². The Hall–Kier alpha value is -3.09. The smallest absolute Gasteiger partial charge is 0.126 e. The fourth-order valence-corrected chi connectivity index (χ4v) is 2.79. The Labute approximate surface area is 150 Å². The van der Waals surface area contributed by atoms with Crippen LogP contribution in [0.15, 0.2) is 60.7 Å². The van der Waals surface area contributed by atoms with Gasteiger partial charge in [0.2, 0.25) is 0 Å². The van der Waals surface area contributed by atoms with E-state index >= 15 is 0 Å². The zero-order chi connectivity index (χ0) is 18.7. The van der Waals surface area contributed by atoms with Crippen molar-refractivity contribution >= 4 is 5.69 Å². The minimum atomic E-state index is -0.496. The molecule has 0 saturated heterocycles. The molecule has 0 aliphatic rings. The van der Waals surface area contributed by atoms with Gasteiger partial charge in [-0.2, -0.15) is 0 Å². The van der Waals surface area contributed by atoms with Gasteiger partial charge in [-0.3, -0.25) is 5.21 Å². The molecule has 0 bridgehead atoms. The maximum atomic E-state index is 13.1. The summed E-state index contributed by atoms with van der Waals surface area (Å²) in [4.78, 5) is 0. The molecule has 0 aromatic heterocycles. The van der Waals surface area contributed by atoms with Crippen LogP contribution in [0.1, 0.15) is 11.1 Å². The van der Waals surface area contributed by atoms with Gasteiger partial charge in [0, 0.05) is 18.1 Å². The molecule has 0 fully saturated rings. The second-order valence-corrected chi connectivity index (χ2v) is 5.81. The fraction of sp³-hybridized carbons (Fsp3) is 0.100. The Morgan fingerprint density at radius 1 is 1.08 bits per heavy atom. The van der Waals surface area contributed by atoms with E-state index in [1.807, 2.05) is 12.1 Å². The summed E-state index contributed by atoms with van der Waals surface area (Å²) < 4.78 is 18.5. The minimum Gasteiger partial charge on any atom is -0.733 e. The molecule has 0 spiro atoms. The second kappa shape index (κ2) is 7.43. The number of nitrogens with zero attached hydrogens (tertiary/aromatic N) is 1. The summed E-state index contributed by atoms with van der Waals surface area (Å²) >= 11 is 0. The molecule has 0 saturated carbocycles. The maximum Gasteiger partial charge on any atom is 0.126 e. The standard InChI is InChI=1S/C20H17FNO4/c1-26-20-8-5-13(9-15-6-7-16(21)12-19(15)23)10-18(20)14-3-2-4-17(11-14)22(24)25/h2-8,10-12,23-24H,9H2,1H3/q-1. The first-order chi connectivity index (χ1) is 12.5. The number of phenolic OH excluding ortho intramolecular Hbond substituents is 1. The number of phenols is 1. The van der Waals surface area contributed by atoms with E-state index in [-0.39, 0.29) is 16.7 Å². The van der Waals surface area contributed by atoms with E-state index in [1.165, 1.54) is 18.2 Å². The number of aromatic hydroxyl groups is 1. The molecule has 3 aromatic carbocycles. The predicted molar refractivity (Wildman–Crippen MR) is 96.9 cm³/mol. The minimum absolute atomic E-state index is 0.103. The van der Waals surface area contributed by atoms with Gasteiger partial charge in [-0.15, -0.1) is 0 Å². The highest BCUT2D eigenvalue weighted by Gasteiger charge is 2.10. The Balaban J connectivity index is 2.00. The molecule has 2 N–H and O–H groups in total. The molecule has 0 aliphatic carbocycles. The Morgan fingerprint density at radius 3 is 2.58 bits per heavy atom. The monoisotopic (exact) mass is 354 g/mol. The number of hydrogen-bond acceptors (Lipinski definition) is 5. The van der Waals surface area contributed by atoms with Gasteiger partial charge in [-0.05, 0) is 47.0 Å².